The summed E-state index contributed by atoms with van der Waals surface area (Å²) < 4.78 is 18.0. The van der Waals surface area contributed by atoms with Gasteiger partial charge in [0.1, 0.15) is 0 Å². The quantitative estimate of drug-likeness (QED) is 0.788. The Labute approximate surface area is 143 Å². The molecule has 3 nitrogen and oxygen atoms in total. The fourth-order valence-electron chi connectivity index (χ4n) is 2.45. The molecule has 1 aliphatic heterocycles. The average molecular weight is 334 g/mol. The molecule has 23 heavy (non-hydrogen) atoms. The first-order chi connectivity index (χ1) is 10.5. The molecule has 1 aromatic rings. The van der Waals surface area contributed by atoms with Gasteiger partial charge in [0.2, 0.25) is 0 Å². The summed E-state index contributed by atoms with van der Waals surface area (Å²) in [7, 11) is -1.76. The summed E-state index contributed by atoms with van der Waals surface area (Å²) in [6, 6.07) is 8.58. The molecule has 0 amide bonds. The number of hydrogen-bond donors (Lipinski definition) is 0. The van der Waals surface area contributed by atoms with Gasteiger partial charge < -0.3 is 13.7 Å². The van der Waals surface area contributed by atoms with Crippen molar-refractivity contribution in [3.05, 3.63) is 29.8 Å². The Kier molecular flexibility index (Phi) is 5.46. The second-order valence-corrected chi connectivity index (χ2v) is 13.6. The monoisotopic (exact) mass is 334 g/mol. The van der Waals surface area contributed by atoms with Crippen LogP contribution in [0.5, 0.6) is 0 Å². The van der Waals surface area contributed by atoms with Crippen LogP contribution in [0.3, 0.4) is 0 Å². The molecule has 0 saturated carbocycles. The van der Waals surface area contributed by atoms with Gasteiger partial charge in [-0.05, 0) is 36.1 Å². The Balaban J connectivity index is 1.94. The summed E-state index contributed by atoms with van der Waals surface area (Å²) >= 11 is 0. The zero-order valence-corrected chi connectivity index (χ0v) is 16.7. The van der Waals surface area contributed by atoms with Crippen molar-refractivity contribution in [1.29, 1.82) is 0 Å². The Bertz CT molecular complexity index is 509. The van der Waals surface area contributed by atoms with Crippen molar-refractivity contribution in [2.24, 2.45) is 5.41 Å². The molecule has 0 aromatic heterocycles. The van der Waals surface area contributed by atoms with Crippen molar-refractivity contribution in [3.63, 3.8) is 0 Å². The van der Waals surface area contributed by atoms with E-state index in [1.54, 1.807) is 0 Å². The molecule has 1 aromatic carbocycles. The molecule has 0 N–H and O–H groups in total. The van der Waals surface area contributed by atoms with Crippen LogP contribution in [0.15, 0.2) is 24.3 Å². The third kappa shape index (κ3) is 5.45. The van der Waals surface area contributed by atoms with E-state index >= 15 is 0 Å². The third-order valence-electron chi connectivity index (χ3n) is 4.07. The first-order valence-electron chi connectivity index (χ1n) is 8.46. The van der Waals surface area contributed by atoms with E-state index in [1.807, 2.05) is 0 Å². The largest absolute Gasteiger partial charge is 0.493 e. The molecule has 5 heteroatoms. The summed E-state index contributed by atoms with van der Waals surface area (Å²) in [6.45, 7) is 17.5. The normalized spacial score (nSPS) is 19.0. The van der Waals surface area contributed by atoms with Crippen LogP contribution in [0, 0.1) is 5.41 Å². The van der Waals surface area contributed by atoms with Gasteiger partial charge in [0.25, 0.3) is 0 Å². The number of hydrogen-bond acceptors (Lipinski definition) is 3. The first-order valence-corrected chi connectivity index (χ1v) is 11.9. The van der Waals surface area contributed by atoms with Crippen LogP contribution in [0.4, 0.5) is 0 Å². The van der Waals surface area contributed by atoms with Crippen molar-refractivity contribution in [2.45, 2.75) is 52.8 Å². The summed E-state index contributed by atoms with van der Waals surface area (Å²) in [5, 5.41) is 0. The predicted molar refractivity (Wildman–Crippen MR) is 99.8 cm³/mol. The minimum Gasteiger partial charge on any atom is -0.417 e. The molecule has 1 aliphatic rings. The molecule has 0 atom stereocenters. The average Bonchev–Trinajstić information content (AvgIpc) is 2.45. The van der Waals surface area contributed by atoms with Crippen molar-refractivity contribution < 1.29 is 13.7 Å². The van der Waals surface area contributed by atoms with Crippen LogP contribution in [-0.2, 0) is 19.1 Å². The van der Waals surface area contributed by atoms with E-state index in [4.69, 9.17) is 13.7 Å². The van der Waals surface area contributed by atoms with Crippen molar-refractivity contribution in [3.8, 4) is 0 Å². The Morgan fingerprint density at radius 3 is 2.04 bits per heavy atom. The van der Waals surface area contributed by atoms with Crippen LogP contribution < -0.4 is 5.46 Å². The SMILES string of the molecule is CC1(CO[Si](C)(C)C)COB(c2ccc(C(C)(C)C)cc2)OC1. The maximum atomic E-state index is 6.04. The van der Waals surface area contributed by atoms with Gasteiger partial charge in [-0.15, -0.1) is 0 Å². The number of benzene rings is 1. The maximum absolute atomic E-state index is 6.04. The zero-order valence-electron chi connectivity index (χ0n) is 15.7. The molecule has 0 aliphatic carbocycles. The standard InChI is InChI=1S/C18H31BO3Si/c1-17(2,3)15-8-10-16(11-9-15)19-20-12-18(4,13-21-19)14-22-23(5,6)7/h8-11H,12-14H2,1-7H3. The van der Waals surface area contributed by atoms with E-state index in [0.29, 0.717) is 19.8 Å². The van der Waals surface area contributed by atoms with E-state index in [9.17, 15) is 0 Å². The van der Waals surface area contributed by atoms with Crippen molar-refractivity contribution in [2.75, 3.05) is 19.8 Å². The molecule has 128 valence electrons. The molecule has 0 unspecified atom stereocenters. The lowest BCUT2D eigenvalue weighted by molar-refractivity contribution is -0.00963. The highest BCUT2D eigenvalue weighted by atomic mass is 28.4. The van der Waals surface area contributed by atoms with Gasteiger partial charge in [-0.25, -0.2) is 0 Å². The van der Waals surface area contributed by atoms with Gasteiger partial charge in [-0.2, -0.15) is 0 Å². The summed E-state index contributed by atoms with van der Waals surface area (Å²) in [6.07, 6.45) is 0. The minimum atomic E-state index is -1.50. The van der Waals surface area contributed by atoms with E-state index in [-0.39, 0.29) is 17.9 Å². The topological polar surface area (TPSA) is 27.7 Å². The molecule has 2 rings (SSSR count). The molecule has 1 saturated heterocycles. The molecular weight excluding hydrogens is 303 g/mol. The lowest BCUT2D eigenvalue weighted by atomic mass is 9.74. The molecule has 1 fully saturated rings. The minimum absolute atomic E-state index is 0.0534. The zero-order chi connectivity index (χ0) is 17.3. The molecule has 0 bridgehead atoms. The van der Waals surface area contributed by atoms with Crippen LogP contribution in [0.1, 0.15) is 33.3 Å². The fraction of sp³-hybridized carbons (Fsp3) is 0.667. The van der Waals surface area contributed by atoms with E-state index in [2.05, 4.69) is 71.6 Å². The van der Waals surface area contributed by atoms with Gasteiger partial charge in [-0.3, -0.25) is 0 Å². The lowest BCUT2D eigenvalue weighted by Crippen LogP contribution is -2.51. The fourth-order valence-corrected chi connectivity index (χ4v) is 3.23. The summed E-state index contributed by atoms with van der Waals surface area (Å²) in [5.41, 5.74) is 2.53. The Morgan fingerprint density at radius 1 is 1.09 bits per heavy atom. The number of rotatable bonds is 4. The van der Waals surface area contributed by atoms with Crippen LogP contribution in [0.25, 0.3) is 0 Å². The van der Waals surface area contributed by atoms with Crippen molar-refractivity contribution >= 4 is 20.9 Å². The highest BCUT2D eigenvalue weighted by Gasteiger charge is 2.37. The molecule has 0 spiro atoms. The maximum Gasteiger partial charge on any atom is 0.493 e. The van der Waals surface area contributed by atoms with E-state index in [0.717, 1.165) is 5.46 Å². The van der Waals surface area contributed by atoms with Gasteiger partial charge in [0.05, 0.1) is 0 Å². The molecular formula is C18H31BO3Si. The smallest absolute Gasteiger partial charge is 0.417 e. The van der Waals surface area contributed by atoms with Crippen LogP contribution in [-0.4, -0.2) is 35.3 Å². The van der Waals surface area contributed by atoms with Gasteiger partial charge in [0.15, 0.2) is 8.32 Å². The third-order valence-corrected chi connectivity index (χ3v) is 5.08. The summed E-state index contributed by atoms with van der Waals surface area (Å²) in [4.78, 5) is 0. The molecule has 0 radical (unpaired) electrons. The van der Waals surface area contributed by atoms with E-state index < -0.39 is 8.32 Å². The van der Waals surface area contributed by atoms with Gasteiger partial charge >= 0.3 is 7.12 Å². The van der Waals surface area contributed by atoms with Crippen LogP contribution >= 0.6 is 0 Å². The predicted octanol–water partition coefficient (Wildman–Crippen LogP) is 3.58. The van der Waals surface area contributed by atoms with Crippen LogP contribution in [0.2, 0.25) is 19.6 Å². The highest BCUT2D eigenvalue weighted by molar-refractivity contribution is 6.69. The lowest BCUT2D eigenvalue weighted by Gasteiger charge is -2.37. The summed E-state index contributed by atoms with van der Waals surface area (Å²) in [5.74, 6) is 0. The van der Waals surface area contributed by atoms with Gasteiger partial charge in [-0.1, -0.05) is 52.0 Å². The van der Waals surface area contributed by atoms with E-state index in [1.165, 1.54) is 5.56 Å². The van der Waals surface area contributed by atoms with Crippen molar-refractivity contribution in [1.82, 2.24) is 0 Å². The molecule has 1 heterocycles. The second-order valence-electron chi connectivity index (χ2n) is 9.04. The Morgan fingerprint density at radius 2 is 1.61 bits per heavy atom. The highest BCUT2D eigenvalue weighted by Crippen LogP contribution is 2.25. The Hall–Kier alpha value is -0.618. The van der Waals surface area contributed by atoms with Gasteiger partial charge in [0, 0.05) is 25.2 Å². The second kappa shape index (κ2) is 6.71. The first kappa shape index (κ1) is 18.7.